The molecule has 5 heteroatoms. The molecular weight excluding hydrogens is 272 g/mol. The van der Waals surface area contributed by atoms with Crippen molar-refractivity contribution in [3.8, 4) is 34.3 Å². The van der Waals surface area contributed by atoms with E-state index >= 15 is 0 Å². The number of rotatable bonds is 2. The Balaban J connectivity index is 2.20. The van der Waals surface area contributed by atoms with Crippen LogP contribution in [-0.2, 0) is 0 Å². The molecule has 0 fully saturated rings. The third-order valence-electron chi connectivity index (χ3n) is 3.18. The molecule has 0 bridgehead atoms. The van der Waals surface area contributed by atoms with Gasteiger partial charge in [-0.25, -0.2) is 4.42 Å². The van der Waals surface area contributed by atoms with E-state index in [1.807, 2.05) is 0 Å². The van der Waals surface area contributed by atoms with E-state index < -0.39 is 0 Å². The van der Waals surface area contributed by atoms with Gasteiger partial charge >= 0.3 is 11.3 Å². The summed E-state index contributed by atoms with van der Waals surface area (Å²) in [4.78, 5) is 0. The highest BCUT2D eigenvalue weighted by molar-refractivity contribution is 5.88. The Labute approximate surface area is 120 Å². The van der Waals surface area contributed by atoms with Gasteiger partial charge in [0.1, 0.15) is 22.6 Å². The van der Waals surface area contributed by atoms with E-state index in [4.69, 9.17) is 9.15 Å². The van der Waals surface area contributed by atoms with Crippen molar-refractivity contribution in [1.29, 1.82) is 0 Å². The summed E-state index contributed by atoms with van der Waals surface area (Å²) < 4.78 is 10.7. The van der Waals surface area contributed by atoms with Crippen molar-refractivity contribution in [1.82, 2.24) is 0 Å². The van der Waals surface area contributed by atoms with Crippen LogP contribution in [0.1, 0.15) is 0 Å². The van der Waals surface area contributed by atoms with Gasteiger partial charge in [-0.05, 0) is 24.3 Å². The number of aromatic hydroxyl groups is 3. The fraction of sp³-hybridized carbons (Fsp3) is 0.0625. The number of ether oxygens (including phenoxy) is 1. The third-order valence-corrected chi connectivity index (χ3v) is 3.18. The van der Waals surface area contributed by atoms with Crippen molar-refractivity contribution in [3.63, 3.8) is 0 Å². The zero-order chi connectivity index (χ0) is 15.0. The highest BCUT2D eigenvalue weighted by atomic mass is 16.5. The summed E-state index contributed by atoms with van der Waals surface area (Å²) in [5.74, 6) is 0.554. The van der Waals surface area contributed by atoms with E-state index in [2.05, 4.69) is 0 Å². The number of phenols is 2. The standard InChI is InChI=1S/C16H12O5/c1-20-11-4-2-9(3-5-11)16-14(19)8-12-13(18)6-10(17)7-15(12)21-16/h2-8H,1H3,(H2-,17,18,19)/p+1. The molecular formula is C16H13O5+. The molecule has 0 saturated carbocycles. The van der Waals surface area contributed by atoms with Crippen molar-refractivity contribution >= 4 is 11.0 Å². The first-order valence-electron chi connectivity index (χ1n) is 6.24. The molecule has 2 aromatic carbocycles. The lowest BCUT2D eigenvalue weighted by atomic mass is 10.1. The smallest absolute Gasteiger partial charge is 0.401 e. The van der Waals surface area contributed by atoms with Crippen molar-refractivity contribution in [2.45, 2.75) is 0 Å². The van der Waals surface area contributed by atoms with Crippen molar-refractivity contribution in [3.05, 3.63) is 42.5 Å². The molecule has 0 amide bonds. The molecule has 0 radical (unpaired) electrons. The number of methoxy groups -OCH3 is 1. The summed E-state index contributed by atoms with van der Waals surface area (Å²) >= 11 is 0. The summed E-state index contributed by atoms with van der Waals surface area (Å²) in [6, 6.07) is 10.9. The molecule has 0 spiro atoms. The lowest BCUT2D eigenvalue weighted by Crippen LogP contribution is -1.84. The number of fused-ring (bicyclic) bond motifs is 1. The van der Waals surface area contributed by atoms with Crippen LogP contribution >= 0.6 is 0 Å². The van der Waals surface area contributed by atoms with E-state index in [1.54, 1.807) is 31.4 Å². The van der Waals surface area contributed by atoms with Crippen LogP contribution in [0.3, 0.4) is 0 Å². The molecule has 3 N–H and O–H groups in total. The Hall–Kier alpha value is -2.95. The zero-order valence-electron chi connectivity index (χ0n) is 11.2. The average Bonchev–Trinajstić information content (AvgIpc) is 2.48. The lowest BCUT2D eigenvalue weighted by Gasteiger charge is -2.01. The van der Waals surface area contributed by atoms with Crippen LogP contribution in [0.5, 0.6) is 23.0 Å². The number of phenolic OH excluding ortho intramolecular Hbond substituents is 2. The van der Waals surface area contributed by atoms with Crippen molar-refractivity contribution < 1.29 is 24.5 Å². The van der Waals surface area contributed by atoms with E-state index in [0.29, 0.717) is 16.7 Å². The summed E-state index contributed by atoms with van der Waals surface area (Å²) in [5.41, 5.74) is 0.925. The molecule has 0 aliphatic heterocycles. The summed E-state index contributed by atoms with van der Waals surface area (Å²) in [5, 5.41) is 29.7. The quantitative estimate of drug-likeness (QED) is 0.628. The van der Waals surface area contributed by atoms with Crippen LogP contribution in [0, 0.1) is 0 Å². The Bertz CT molecular complexity index is 809. The first kappa shape index (κ1) is 13.1. The summed E-state index contributed by atoms with van der Waals surface area (Å²) in [6.45, 7) is 0. The maximum Gasteiger partial charge on any atom is 0.401 e. The normalized spacial score (nSPS) is 10.7. The minimum Gasteiger partial charge on any atom is -0.507 e. The van der Waals surface area contributed by atoms with Gasteiger partial charge in [0.2, 0.25) is 5.75 Å². The van der Waals surface area contributed by atoms with Gasteiger partial charge in [-0.1, -0.05) is 0 Å². The highest BCUT2D eigenvalue weighted by Gasteiger charge is 2.23. The molecule has 0 saturated heterocycles. The van der Waals surface area contributed by atoms with Crippen LogP contribution in [0.2, 0.25) is 0 Å². The molecule has 0 unspecified atom stereocenters. The van der Waals surface area contributed by atoms with Crippen molar-refractivity contribution in [2.75, 3.05) is 7.11 Å². The molecule has 5 nitrogen and oxygen atoms in total. The Morgan fingerprint density at radius 1 is 0.905 bits per heavy atom. The van der Waals surface area contributed by atoms with Gasteiger partial charge < -0.3 is 20.1 Å². The Morgan fingerprint density at radius 3 is 2.29 bits per heavy atom. The molecule has 0 aliphatic rings. The lowest BCUT2D eigenvalue weighted by molar-refractivity contribution is 0.414. The fourth-order valence-corrected chi connectivity index (χ4v) is 2.14. The molecule has 1 heterocycles. The summed E-state index contributed by atoms with van der Waals surface area (Å²) in [7, 11) is 1.57. The Morgan fingerprint density at radius 2 is 1.62 bits per heavy atom. The van der Waals surface area contributed by atoms with Crippen LogP contribution in [-0.4, -0.2) is 22.4 Å². The van der Waals surface area contributed by atoms with E-state index in [9.17, 15) is 15.3 Å². The minimum atomic E-state index is -0.162. The van der Waals surface area contributed by atoms with Gasteiger partial charge in [0, 0.05) is 12.1 Å². The van der Waals surface area contributed by atoms with Crippen LogP contribution < -0.4 is 4.74 Å². The monoisotopic (exact) mass is 285 g/mol. The molecule has 3 aromatic rings. The second kappa shape index (κ2) is 4.86. The van der Waals surface area contributed by atoms with Gasteiger partial charge in [-0.15, -0.1) is 0 Å². The van der Waals surface area contributed by atoms with Gasteiger partial charge in [0.05, 0.1) is 18.7 Å². The number of hydrogen-bond acceptors (Lipinski definition) is 4. The van der Waals surface area contributed by atoms with E-state index in [-0.39, 0.29) is 28.6 Å². The molecule has 0 aliphatic carbocycles. The van der Waals surface area contributed by atoms with Crippen LogP contribution in [0.25, 0.3) is 22.3 Å². The number of hydrogen-bond donors (Lipinski definition) is 3. The Kier molecular flexibility index (Phi) is 3.02. The van der Waals surface area contributed by atoms with Gasteiger partial charge in [-0.2, -0.15) is 0 Å². The molecule has 21 heavy (non-hydrogen) atoms. The maximum atomic E-state index is 10.1. The third kappa shape index (κ3) is 2.29. The van der Waals surface area contributed by atoms with E-state index in [0.717, 1.165) is 0 Å². The topological polar surface area (TPSA) is 81.2 Å². The molecule has 3 rings (SSSR count). The van der Waals surface area contributed by atoms with E-state index in [1.165, 1.54) is 18.2 Å². The number of benzene rings is 2. The van der Waals surface area contributed by atoms with Gasteiger partial charge in [0.15, 0.2) is 0 Å². The maximum absolute atomic E-state index is 10.1. The predicted octanol–water partition coefficient (Wildman–Crippen LogP) is 3.51. The van der Waals surface area contributed by atoms with Crippen LogP contribution in [0.15, 0.2) is 46.9 Å². The SMILES string of the molecule is COc1ccc(-c2[o+]c3cc(O)cc(O)c3cc2O)cc1. The molecule has 1 aromatic heterocycles. The zero-order valence-corrected chi connectivity index (χ0v) is 11.2. The predicted molar refractivity (Wildman–Crippen MR) is 77.6 cm³/mol. The first-order chi connectivity index (χ1) is 10.1. The highest BCUT2D eigenvalue weighted by Crippen LogP contribution is 2.38. The second-order valence-electron chi connectivity index (χ2n) is 4.57. The fourth-order valence-electron chi connectivity index (χ4n) is 2.14. The van der Waals surface area contributed by atoms with Gasteiger partial charge in [-0.3, -0.25) is 0 Å². The average molecular weight is 285 g/mol. The largest absolute Gasteiger partial charge is 0.507 e. The summed E-state index contributed by atoms with van der Waals surface area (Å²) in [6.07, 6.45) is 0. The van der Waals surface area contributed by atoms with Gasteiger partial charge in [0.25, 0.3) is 0 Å². The minimum absolute atomic E-state index is 0.103. The first-order valence-corrected chi connectivity index (χ1v) is 6.24. The second-order valence-corrected chi connectivity index (χ2v) is 4.57. The van der Waals surface area contributed by atoms with Crippen molar-refractivity contribution in [2.24, 2.45) is 0 Å². The molecule has 0 atom stereocenters. The van der Waals surface area contributed by atoms with Crippen LogP contribution in [0.4, 0.5) is 0 Å². The molecule has 106 valence electrons.